The van der Waals surface area contributed by atoms with E-state index in [1.807, 2.05) is 0 Å². The van der Waals surface area contributed by atoms with Crippen LogP contribution in [-0.4, -0.2) is 41.6 Å². The fraction of sp³-hybridized carbons (Fsp3) is 0.429. The molecule has 1 atom stereocenters. The Morgan fingerprint density at radius 3 is 2.90 bits per heavy atom. The third kappa shape index (κ3) is 4.17. The minimum atomic E-state index is -0.880. The molecule has 1 saturated heterocycles. The highest BCUT2D eigenvalue weighted by molar-refractivity contribution is 9.10. The molecule has 1 amide bonds. The summed E-state index contributed by atoms with van der Waals surface area (Å²) in [5.74, 6) is -1.69. The Kier molecular flexibility index (Phi) is 5.17. The number of nitrogens with zero attached hydrogens (tertiary/aromatic N) is 1. The van der Waals surface area contributed by atoms with Gasteiger partial charge in [-0.1, -0.05) is 0 Å². The number of hydrogen-bond donors (Lipinski definition) is 1. The van der Waals surface area contributed by atoms with E-state index in [-0.39, 0.29) is 19.1 Å². The monoisotopic (exact) mass is 359 g/mol. The van der Waals surface area contributed by atoms with Crippen LogP contribution in [0.15, 0.2) is 22.7 Å². The number of rotatable bonds is 4. The highest BCUT2D eigenvalue weighted by Crippen LogP contribution is 2.25. The number of carbonyl (C=O) groups is 2. The van der Waals surface area contributed by atoms with Crippen molar-refractivity contribution in [2.45, 2.75) is 12.8 Å². The van der Waals surface area contributed by atoms with Crippen LogP contribution in [0.3, 0.4) is 0 Å². The summed E-state index contributed by atoms with van der Waals surface area (Å²) in [5.41, 5.74) is 0. The van der Waals surface area contributed by atoms with Crippen molar-refractivity contribution in [1.82, 2.24) is 4.90 Å². The molecule has 2 rings (SSSR count). The van der Waals surface area contributed by atoms with E-state index < -0.39 is 17.7 Å². The van der Waals surface area contributed by atoms with Gasteiger partial charge in [0.25, 0.3) is 5.91 Å². The molecule has 0 saturated carbocycles. The lowest BCUT2D eigenvalue weighted by Crippen LogP contribution is -2.44. The van der Waals surface area contributed by atoms with E-state index in [0.29, 0.717) is 29.6 Å². The number of aliphatic carboxylic acids is 1. The molecular weight excluding hydrogens is 345 g/mol. The first-order valence-electron chi connectivity index (χ1n) is 6.56. The predicted octanol–water partition coefficient (Wildman–Crippen LogP) is 2.29. The molecule has 5 nitrogen and oxygen atoms in total. The molecule has 0 unspecified atom stereocenters. The van der Waals surface area contributed by atoms with Crippen LogP contribution in [0.5, 0.6) is 5.75 Å². The van der Waals surface area contributed by atoms with Gasteiger partial charge >= 0.3 is 5.97 Å². The van der Waals surface area contributed by atoms with Gasteiger partial charge in [0.2, 0.25) is 0 Å². The van der Waals surface area contributed by atoms with Gasteiger partial charge in [-0.25, -0.2) is 4.39 Å². The van der Waals surface area contributed by atoms with E-state index in [1.54, 1.807) is 0 Å². The minimum absolute atomic E-state index is 0.198. The van der Waals surface area contributed by atoms with Gasteiger partial charge in [0.15, 0.2) is 6.61 Å². The topological polar surface area (TPSA) is 66.8 Å². The number of carboxylic acids is 1. The molecule has 1 fully saturated rings. The molecule has 21 heavy (non-hydrogen) atoms. The summed E-state index contributed by atoms with van der Waals surface area (Å²) in [6.07, 6.45) is 1.26. The summed E-state index contributed by atoms with van der Waals surface area (Å²) in [6.45, 7) is 0.551. The molecule has 1 aliphatic rings. The predicted molar refractivity (Wildman–Crippen MR) is 76.5 cm³/mol. The van der Waals surface area contributed by atoms with E-state index in [4.69, 9.17) is 9.84 Å². The summed E-state index contributed by atoms with van der Waals surface area (Å²) in [5, 5.41) is 9.00. The normalized spacial score (nSPS) is 18.4. The van der Waals surface area contributed by atoms with Gasteiger partial charge in [-0.05, 0) is 47.0 Å². The van der Waals surface area contributed by atoms with E-state index in [2.05, 4.69) is 15.9 Å². The fourth-order valence-corrected chi connectivity index (χ4v) is 2.69. The number of likely N-dealkylation sites (tertiary alicyclic amines) is 1. The molecular formula is C14H15BrFNO4. The Labute approximate surface area is 129 Å². The second kappa shape index (κ2) is 6.89. The average molecular weight is 360 g/mol. The Balaban J connectivity index is 1.90. The average Bonchev–Trinajstić information content (AvgIpc) is 2.46. The summed E-state index contributed by atoms with van der Waals surface area (Å²) in [4.78, 5) is 24.5. The summed E-state index contributed by atoms with van der Waals surface area (Å²) in [7, 11) is 0. The molecule has 1 N–H and O–H groups in total. The van der Waals surface area contributed by atoms with Crippen LogP contribution >= 0.6 is 15.9 Å². The lowest BCUT2D eigenvalue weighted by molar-refractivity contribution is -0.146. The Hall–Kier alpha value is -1.63. The van der Waals surface area contributed by atoms with Crippen LogP contribution in [0.25, 0.3) is 0 Å². The molecule has 114 valence electrons. The third-order valence-electron chi connectivity index (χ3n) is 3.37. The number of carboxylic acid groups (broad SMARTS) is 1. The molecule has 1 aromatic rings. The second-order valence-corrected chi connectivity index (χ2v) is 5.73. The van der Waals surface area contributed by atoms with Crippen molar-refractivity contribution in [2.24, 2.45) is 5.92 Å². The van der Waals surface area contributed by atoms with E-state index in [9.17, 15) is 14.0 Å². The quantitative estimate of drug-likeness (QED) is 0.895. The second-order valence-electron chi connectivity index (χ2n) is 4.88. The van der Waals surface area contributed by atoms with Gasteiger partial charge in [0.05, 0.1) is 10.4 Å². The molecule has 0 bridgehead atoms. The van der Waals surface area contributed by atoms with Gasteiger partial charge in [0.1, 0.15) is 11.6 Å². The largest absolute Gasteiger partial charge is 0.483 e. The number of halogens is 2. The van der Waals surface area contributed by atoms with Crippen molar-refractivity contribution < 1.29 is 23.8 Å². The number of benzene rings is 1. The molecule has 0 radical (unpaired) electrons. The van der Waals surface area contributed by atoms with Gasteiger partial charge in [-0.3, -0.25) is 9.59 Å². The SMILES string of the molecule is O=C(O)[C@H]1CCCN(C(=O)COc2ccc(F)cc2Br)C1. The van der Waals surface area contributed by atoms with Crippen molar-refractivity contribution in [3.63, 3.8) is 0 Å². The third-order valence-corrected chi connectivity index (χ3v) is 3.99. The van der Waals surface area contributed by atoms with E-state index >= 15 is 0 Å². The first-order valence-corrected chi connectivity index (χ1v) is 7.35. The zero-order valence-electron chi connectivity index (χ0n) is 11.2. The maximum absolute atomic E-state index is 12.9. The number of hydrogen-bond acceptors (Lipinski definition) is 3. The molecule has 0 spiro atoms. The zero-order chi connectivity index (χ0) is 15.4. The Bertz CT molecular complexity index is 552. The van der Waals surface area contributed by atoms with Crippen LogP contribution in [0.1, 0.15) is 12.8 Å². The van der Waals surface area contributed by atoms with E-state index in [0.717, 1.165) is 0 Å². The van der Waals surface area contributed by atoms with Gasteiger partial charge < -0.3 is 14.7 Å². The number of ether oxygens (including phenoxy) is 1. The number of carbonyl (C=O) groups excluding carboxylic acids is 1. The first-order chi connectivity index (χ1) is 9.97. The van der Waals surface area contributed by atoms with Crippen LogP contribution in [-0.2, 0) is 9.59 Å². The van der Waals surface area contributed by atoms with Crippen molar-refractivity contribution >= 4 is 27.8 Å². The lowest BCUT2D eigenvalue weighted by Gasteiger charge is -2.30. The van der Waals surface area contributed by atoms with Crippen LogP contribution in [0, 0.1) is 11.7 Å². The first kappa shape index (κ1) is 15.8. The Morgan fingerprint density at radius 2 is 2.24 bits per heavy atom. The summed E-state index contributed by atoms with van der Waals surface area (Å²) >= 11 is 3.15. The smallest absolute Gasteiger partial charge is 0.308 e. The molecule has 0 aromatic heterocycles. The number of piperidine rings is 1. The van der Waals surface area contributed by atoms with Crippen LogP contribution < -0.4 is 4.74 Å². The number of amides is 1. The molecule has 1 aliphatic heterocycles. The molecule has 0 aliphatic carbocycles. The molecule has 1 heterocycles. The molecule has 7 heteroatoms. The lowest BCUT2D eigenvalue weighted by atomic mass is 9.98. The van der Waals surface area contributed by atoms with Gasteiger partial charge in [0, 0.05) is 13.1 Å². The zero-order valence-corrected chi connectivity index (χ0v) is 12.8. The van der Waals surface area contributed by atoms with Crippen LogP contribution in [0.2, 0.25) is 0 Å². The minimum Gasteiger partial charge on any atom is -0.483 e. The maximum atomic E-state index is 12.9. The molecule has 1 aromatic carbocycles. The highest BCUT2D eigenvalue weighted by Gasteiger charge is 2.28. The van der Waals surface area contributed by atoms with Gasteiger partial charge in [-0.2, -0.15) is 0 Å². The standard InChI is InChI=1S/C14H15BrFNO4/c15-11-6-10(16)3-4-12(11)21-8-13(18)17-5-1-2-9(7-17)14(19)20/h3-4,6,9H,1-2,5,7-8H2,(H,19,20)/t9-/m0/s1. The van der Waals surface area contributed by atoms with Crippen molar-refractivity contribution in [3.8, 4) is 5.75 Å². The van der Waals surface area contributed by atoms with Crippen molar-refractivity contribution in [3.05, 3.63) is 28.5 Å². The summed E-state index contributed by atoms with van der Waals surface area (Å²) in [6, 6.07) is 3.93. The van der Waals surface area contributed by atoms with Gasteiger partial charge in [-0.15, -0.1) is 0 Å². The van der Waals surface area contributed by atoms with Crippen molar-refractivity contribution in [1.29, 1.82) is 0 Å². The maximum Gasteiger partial charge on any atom is 0.308 e. The Morgan fingerprint density at radius 1 is 1.48 bits per heavy atom. The fourth-order valence-electron chi connectivity index (χ4n) is 2.23. The summed E-state index contributed by atoms with van der Waals surface area (Å²) < 4.78 is 18.7. The van der Waals surface area contributed by atoms with Crippen LogP contribution in [0.4, 0.5) is 4.39 Å². The van der Waals surface area contributed by atoms with Crippen molar-refractivity contribution in [2.75, 3.05) is 19.7 Å². The van der Waals surface area contributed by atoms with E-state index in [1.165, 1.54) is 23.1 Å². The highest BCUT2D eigenvalue weighted by atomic mass is 79.9.